The number of nitrogens with zero attached hydrogens (tertiary/aromatic N) is 4. The van der Waals surface area contributed by atoms with Gasteiger partial charge in [0, 0.05) is 6.20 Å². The first kappa shape index (κ1) is 12.2. The quantitative estimate of drug-likeness (QED) is 0.384. The van der Waals surface area contributed by atoms with Gasteiger partial charge in [-0.1, -0.05) is 11.6 Å². The maximum absolute atomic E-state index is 5.80. The molecule has 0 aliphatic rings. The van der Waals surface area contributed by atoms with E-state index in [0.29, 0.717) is 21.6 Å². The van der Waals surface area contributed by atoms with Crippen LogP contribution in [0.5, 0.6) is 0 Å². The van der Waals surface area contributed by atoms with E-state index in [4.69, 9.17) is 17.4 Å². The zero-order chi connectivity index (χ0) is 13.2. The zero-order valence-electron chi connectivity index (χ0n) is 9.46. The molecule has 7 nitrogen and oxygen atoms in total. The molecule has 3 aromatic heterocycles. The van der Waals surface area contributed by atoms with Crippen molar-refractivity contribution in [2.45, 2.75) is 10.1 Å². The second kappa shape index (κ2) is 5.00. The highest BCUT2D eigenvalue weighted by Gasteiger charge is 2.11. The summed E-state index contributed by atoms with van der Waals surface area (Å²) in [5.74, 6) is 5.65. The number of pyridine rings is 1. The van der Waals surface area contributed by atoms with E-state index in [2.05, 4.69) is 30.6 Å². The fourth-order valence-electron chi connectivity index (χ4n) is 1.47. The molecule has 0 bridgehead atoms. The number of rotatable bonds is 3. The maximum Gasteiger partial charge on any atom is 0.240 e. The van der Waals surface area contributed by atoms with Gasteiger partial charge in [-0.3, -0.25) is 10.5 Å². The van der Waals surface area contributed by atoms with Crippen molar-refractivity contribution in [1.82, 2.24) is 25.1 Å². The summed E-state index contributed by atoms with van der Waals surface area (Å²) in [5, 5.41) is 9.60. The fourth-order valence-corrected chi connectivity index (χ4v) is 2.42. The molecule has 9 heteroatoms. The molecule has 3 heterocycles. The Morgan fingerprint density at radius 3 is 2.89 bits per heavy atom. The van der Waals surface area contributed by atoms with E-state index in [1.54, 1.807) is 18.5 Å². The number of hydrogen-bond donors (Lipinski definition) is 3. The number of nitrogens with one attached hydrogen (secondary N) is 2. The van der Waals surface area contributed by atoms with Gasteiger partial charge in [0.15, 0.2) is 5.65 Å². The summed E-state index contributed by atoms with van der Waals surface area (Å²) in [6.45, 7) is 0. The lowest BCUT2D eigenvalue weighted by atomic mass is 10.4. The molecule has 0 aliphatic heterocycles. The van der Waals surface area contributed by atoms with Gasteiger partial charge in [0.05, 0.1) is 16.6 Å². The summed E-state index contributed by atoms with van der Waals surface area (Å²) in [6.07, 6.45) is 3.24. The fraction of sp³-hybridized carbons (Fsp3) is 0. The molecular weight excluding hydrogens is 286 g/mol. The highest BCUT2D eigenvalue weighted by atomic mass is 35.5. The molecule has 0 amide bonds. The molecular formula is C10H8ClN7S. The van der Waals surface area contributed by atoms with Crippen molar-refractivity contribution in [2.75, 3.05) is 5.43 Å². The number of anilines is 1. The van der Waals surface area contributed by atoms with Crippen molar-refractivity contribution >= 4 is 40.3 Å². The SMILES string of the molecule is NNc1nc(Sc2ccc(Cl)cn2)c2cn[nH]c2n1. The zero-order valence-corrected chi connectivity index (χ0v) is 11.0. The van der Waals surface area contributed by atoms with Crippen LogP contribution >= 0.6 is 23.4 Å². The lowest BCUT2D eigenvalue weighted by molar-refractivity contribution is 1.04. The van der Waals surface area contributed by atoms with Gasteiger partial charge < -0.3 is 0 Å². The van der Waals surface area contributed by atoms with Gasteiger partial charge in [-0.15, -0.1) is 0 Å². The molecule has 0 fully saturated rings. The van der Waals surface area contributed by atoms with E-state index in [9.17, 15) is 0 Å². The van der Waals surface area contributed by atoms with E-state index < -0.39 is 0 Å². The van der Waals surface area contributed by atoms with Crippen LogP contribution in [0.1, 0.15) is 0 Å². The Labute approximate surface area is 117 Å². The lowest BCUT2D eigenvalue weighted by Gasteiger charge is -2.04. The first-order chi connectivity index (χ1) is 9.26. The second-order valence-electron chi connectivity index (χ2n) is 3.55. The van der Waals surface area contributed by atoms with E-state index >= 15 is 0 Å². The predicted octanol–water partition coefficient (Wildman–Crippen LogP) is 1.84. The highest BCUT2D eigenvalue weighted by Crippen LogP contribution is 2.30. The Hall–Kier alpha value is -1.90. The third-order valence-corrected chi connectivity index (χ3v) is 3.48. The number of H-pyrrole nitrogens is 1. The van der Waals surface area contributed by atoms with E-state index in [-0.39, 0.29) is 0 Å². The van der Waals surface area contributed by atoms with Crippen LogP contribution in [0.15, 0.2) is 34.6 Å². The summed E-state index contributed by atoms with van der Waals surface area (Å²) in [6, 6.07) is 3.59. The Bertz CT molecular complexity index is 711. The summed E-state index contributed by atoms with van der Waals surface area (Å²) in [4.78, 5) is 12.7. The molecule has 0 spiro atoms. The van der Waals surface area contributed by atoms with Crippen LogP contribution in [-0.4, -0.2) is 25.1 Å². The Kier molecular flexibility index (Phi) is 3.20. The number of nitrogen functional groups attached to an aromatic ring is 1. The number of nitrogens with two attached hydrogens (primary N) is 1. The van der Waals surface area contributed by atoms with E-state index in [1.807, 2.05) is 6.07 Å². The second-order valence-corrected chi connectivity index (χ2v) is 4.99. The van der Waals surface area contributed by atoms with Gasteiger partial charge in [-0.25, -0.2) is 15.8 Å². The minimum absolute atomic E-state index is 0.313. The maximum atomic E-state index is 5.80. The molecule has 3 rings (SSSR count). The molecule has 0 unspecified atom stereocenters. The van der Waals surface area contributed by atoms with Gasteiger partial charge >= 0.3 is 0 Å². The molecule has 0 saturated carbocycles. The Balaban J connectivity index is 2.03. The van der Waals surface area contributed by atoms with Crippen molar-refractivity contribution < 1.29 is 0 Å². The van der Waals surface area contributed by atoms with Crippen molar-refractivity contribution in [3.63, 3.8) is 0 Å². The van der Waals surface area contributed by atoms with Gasteiger partial charge in [0.1, 0.15) is 10.1 Å². The van der Waals surface area contributed by atoms with E-state index in [1.165, 1.54) is 11.8 Å². The minimum Gasteiger partial charge on any atom is -0.292 e. The smallest absolute Gasteiger partial charge is 0.240 e. The molecule has 96 valence electrons. The van der Waals surface area contributed by atoms with Crippen LogP contribution in [0.3, 0.4) is 0 Å². The van der Waals surface area contributed by atoms with Crippen LogP contribution in [0, 0.1) is 0 Å². The van der Waals surface area contributed by atoms with Crippen LogP contribution in [0.4, 0.5) is 5.95 Å². The van der Waals surface area contributed by atoms with Crippen molar-refractivity contribution in [2.24, 2.45) is 5.84 Å². The molecule has 0 radical (unpaired) electrons. The number of hydrogen-bond acceptors (Lipinski definition) is 7. The van der Waals surface area contributed by atoms with Crippen LogP contribution in [0.25, 0.3) is 11.0 Å². The summed E-state index contributed by atoms with van der Waals surface area (Å²) in [7, 11) is 0. The topological polar surface area (TPSA) is 105 Å². The molecule has 19 heavy (non-hydrogen) atoms. The molecule has 4 N–H and O–H groups in total. The average Bonchev–Trinajstić information content (AvgIpc) is 2.89. The summed E-state index contributed by atoms with van der Waals surface area (Å²) < 4.78 is 0. The largest absolute Gasteiger partial charge is 0.292 e. The number of aromatic nitrogens is 5. The van der Waals surface area contributed by atoms with Crippen LogP contribution in [-0.2, 0) is 0 Å². The third kappa shape index (κ3) is 2.46. The van der Waals surface area contributed by atoms with Crippen molar-refractivity contribution in [3.05, 3.63) is 29.5 Å². The first-order valence-electron chi connectivity index (χ1n) is 5.23. The van der Waals surface area contributed by atoms with Gasteiger partial charge in [0.2, 0.25) is 5.95 Å². The highest BCUT2D eigenvalue weighted by molar-refractivity contribution is 7.99. The van der Waals surface area contributed by atoms with Gasteiger partial charge in [-0.2, -0.15) is 10.1 Å². The Morgan fingerprint density at radius 1 is 1.26 bits per heavy atom. The third-order valence-electron chi connectivity index (χ3n) is 2.31. The number of fused-ring (bicyclic) bond motifs is 1. The first-order valence-corrected chi connectivity index (χ1v) is 6.43. The van der Waals surface area contributed by atoms with Gasteiger partial charge in [0.25, 0.3) is 0 Å². The molecule has 0 atom stereocenters. The van der Waals surface area contributed by atoms with Crippen LogP contribution in [0.2, 0.25) is 5.02 Å². The number of hydrazine groups is 1. The summed E-state index contributed by atoms with van der Waals surface area (Å²) in [5.41, 5.74) is 3.03. The van der Waals surface area contributed by atoms with Crippen molar-refractivity contribution in [1.29, 1.82) is 0 Å². The van der Waals surface area contributed by atoms with Crippen LogP contribution < -0.4 is 11.3 Å². The van der Waals surface area contributed by atoms with E-state index in [0.717, 1.165) is 10.4 Å². The average molecular weight is 294 g/mol. The molecule has 0 aromatic carbocycles. The molecule has 3 aromatic rings. The normalized spacial score (nSPS) is 10.8. The predicted molar refractivity (Wildman–Crippen MR) is 72.9 cm³/mol. The molecule has 0 aliphatic carbocycles. The van der Waals surface area contributed by atoms with Gasteiger partial charge in [-0.05, 0) is 23.9 Å². The lowest BCUT2D eigenvalue weighted by Crippen LogP contribution is -2.10. The molecule has 0 saturated heterocycles. The number of aromatic amines is 1. The minimum atomic E-state index is 0.313. The van der Waals surface area contributed by atoms with Crippen molar-refractivity contribution in [3.8, 4) is 0 Å². The standard InChI is InChI=1S/C10H8ClN7S/c11-5-1-2-7(13-3-5)19-9-6-4-14-18-8(6)15-10(16-9)17-12/h1-4H,12H2,(H2,14,15,16,17,18). The number of halogens is 1. The summed E-state index contributed by atoms with van der Waals surface area (Å²) >= 11 is 7.18. The Morgan fingerprint density at radius 2 is 2.16 bits per heavy atom. The monoisotopic (exact) mass is 293 g/mol.